The van der Waals surface area contributed by atoms with Crippen molar-refractivity contribution in [3.63, 3.8) is 0 Å². The van der Waals surface area contributed by atoms with Gasteiger partial charge in [0, 0.05) is 58.0 Å². The van der Waals surface area contributed by atoms with Crippen LogP contribution in [0.2, 0.25) is 0 Å². The van der Waals surface area contributed by atoms with Gasteiger partial charge in [0.2, 0.25) is 0 Å². The van der Waals surface area contributed by atoms with Gasteiger partial charge in [-0.15, -0.1) is 0 Å². The summed E-state index contributed by atoms with van der Waals surface area (Å²) >= 11 is 0. The Hall–Kier alpha value is -1.14. The van der Waals surface area contributed by atoms with E-state index in [0.717, 1.165) is 58.0 Å². The van der Waals surface area contributed by atoms with Gasteiger partial charge in [0.15, 0.2) is 0 Å². The molecule has 5 heteroatoms. The van der Waals surface area contributed by atoms with E-state index in [-0.39, 0.29) is 0 Å². The van der Waals surface area contributed by atoms with Gasteiger partial charge < -0.3 is 27.0 Å². The number of nitrogen functional groups attached to an aromatic ring is 1. The molecule has 3 rings (SSSR count). The van der Waals surface area contributed by atoms with Crippen molar-refractivity contribution in [1.82, 2.24) is 21.3 Å². The molecule has 2 fully saturated rings. The van der Waals surface area contributed by atoms with E-state index in [1.54, 1.807) is 0 Å². The Morgan fingerprint density at radius 2 is 0.895 bits per heavy atom. The number of nitrogens with two attached hydrogens (primary N) is 1. The molecule has 0 unspecified atom stereocenters. The van der Waals surface area contributed by atoms with Crippen molar-refractivity contribution in [3.05, 3.63) is 30.3 Å². The van der Waals surface area contributed by atoms with Crippen LogP contribution in [0.25, 0.3) is 0 Å². The maximum atomic E-state index is 5.36. The Kier molecular flexibility index (Phi) is 9.99. The SMILES string of the molecule is C1CNCCN1.C1CNCCN1.Nc1ccccc1. The van der Waals surface area contributed by atoms with E-state index in [1.807, 2.05) is 30.3 Å². The summed E-state index contributed by atoms with van der Waals surface area (Å²) in [6.45, 7) is 9.11. The van der Waals surface area contributed by atoms with E-state index in [4.69, 9.17) is 5.73 Å². The number of piperazine rings is 2. The summed E-state index contributed by atoms with van der Waals surface area (Å²) in [5.41, 5.74) is 6.18. The summed E-state index contributed by atoms with van der Waals surface area (Å²) < 4.78 is 0. The summed E-state index contributed by atoms with van der Waals surface area (Å²) in [6.07, 6.45) is 0. The zero-order valence-electron chi connectivity index (χ0n) is 11.6. The quantitative estimate of drug-likeness (QED) is 0.414. The molecule has 0 bridgehead atoms. The Labute approximate surface area is 116 Å². The Balaban J connectivity index is 0.000000143. The topological polar surface area (TPSA) is 74.1 Å². The minimum atomic E-state index is 0.822. The van der Waals surface area contributed by atoms with Gasteiger partial charge in [-0.1, -0.05) is 18.2 Å². The maximum Gasteiger partial charge on any atom is 0.0313 e. The zero-order chi connectivity index (χ0) is 13.6. The Bertz CT molecular complexity index is 248. The molecule has 19 heavy (non-hydrogen) atoms. The van der Waals surface area contributed by atoms with Crippen molar-refractivity contribution < 1.29 is 0 Å². The molecule has 0 saturated carbocycles. The normalized spacial score (nSPS) is 18.3. The van der Waals surface area contributed by atoms with E-state index in [0.29, 0.717) is 0 Å². The third-order valence-corrected chi connectivity index (χ3v) is 2.71. The maximum absolute atomic E-state index is 5.36. The molecule has 2 heterocycles. The van der Waals surface area contributed by atoms with Gasteiger partial charge >= 0.3 is 0 Å². The average molecular weight is 265 g/mol. The number of hydrogen-bond acceptors (Lipinski definition) is 5. The van der Waals surface area contributed by atoms with E-state index in [9.17, 15) is 0 Å². The molecule has 6 N–H and O–H groups in total. The fourth-order valence-electron chi connectivity index (χ4n) is 1.66. The zero-order valence-corrected chi connectivity index (χ0v) is 11.6. The third-order valence-electron chi connectivity index (χ3n) is 2.71. The first-order chi connectivity index (χ1) is 9.39. The first-order valence-corrected chi connectivity index (χ1v) is 7.03. The monoisotopic (exact) mass is 265 g/mol. The number of nitrogens with one attached hydrogen (secondary N) is 4. The second-order valence-corrected chi connectivity index (χ2v) is 4.41. The minimum Gasteiger partial charge on any atom is -0.399 e. The molecule has 1 aromatic rings. The van der Waals surface area contributed by atoms with Crippen LogP contribution in [0.5, 0.6) is 0 Å². The van der Waals surface area contributed by atoms with Crippen LogP contribution < -0.4 is 27.0 Å². The van der Waals surface area contributed by atoms with E-state index < -0.39 is 0 Å². The van der Waals surface area contributed by atoms with Crippen LogP contribution >= 0.6 is 0 Å². The molecule has 2 aliphatic heterocycles. The molecule has 1 aromatic carbocycles. The van der Waals surface area contributed by atoms with Crippen molar-refractivity contribution in [2.45, 2.75) is 0 Å². The first-order valence-electron chi connectivity index (χ1n) is 7.03. The molecule has 5 nitrogen and oxygen atoms in total. The molecule has 2 aliphatic rings. The predicted molar refractivity (Wildman–Crippen MR) is 82.3 cm³/mol. The summed E-state index contributed by atoms with van der Waals surface area (Å²) in [4.78, 5) is 0. The smallest absolute Gasteiger partial charge is 0.0313 e. The van der Waals surface area contributed by atoms with Crippen molar-refractivity contribution >= 4 is 5.69 Å². The largest absolute Gasteiger partial charge is 0.399 e. The lowest BCUT2D eigenvalue weighted by Crippen LogP contribution is -2.39. The molecule has 0 spiro atoms. The van der Waals surface area contributed by atoms with E-state index >= 15 is 0 Å². The van der Waals surface area contributed by atoms with Gasteiger partial charge in [0.05, 0.1) is 0 Å². The van der Waals surface area contributed by atoms with Crippen molar-refractivity contribution in [2.24, 2.45) is 0 Å². The lowest BCUT2D eigenvalue weighted by Gasteiger charge is -2.11. The van der Waals surface area contributed by atoms with Crippen molar-refractivity contribution in [1.29, 1.82) is 0 Å². The summed E-state index contributed by atoms with van der Waals surface area (Å²) in [5, 5.41) is 12.9. The molecular formula is C14H27N5. The molecule has 0 aliphatic carbocycles. The van der Waals surface area contributed by atoms with Crippen LogP contribution in [0, 0.1) is 0 Å². The predicted octanol–water partition coefficient (Wildman–Crippen LogP) is -0.373. The van der Waals surface area contributed by atoms with Crippen LogP contribution in [-0.4, -0.2) is 52.4 Å². The standard InChI is InChI=1S/C6H7N.2C4H10N2/c7-6-4-2-1-3-5-6;2*1-2-6-4-3-5-1/h1-5H,7H2;2*5-6H,1-4H2. The summed E-state index contributed by atoms with van der Waals surface area (Å²) in [5.74, 6) is 0. The van der Waals surface area contributed by atoms with Gasteiger partial charge in [0.1, 0.15) is 0 Å². The number of benzene rings is 1. The third kappa shape index (κ3) is 10.5. The number of anilines is 1. The van der Waals surface area contributed by atoms with Gasteiger partial charge in [-0.3, -0.25) is 0 Å². The number of rotatable bonds is 0. The highest BCUT2D eigenvalue weighted by molar-refractivity contribution is 5.35. The molecule has 0 amide bonds. The lowest BCUT2D eigenvalue weighted by atomic mass is 10.3. The average Bonchev–Trinajstić information content (AvgIpc) is 2.53. The van der Waals surface area contributed by atoms with Crippen molar-refractivity contribution in [3.8, 4) is 0 Å². The van der Waals surface area contributed by atoms with Crippen molar-refractivity contribution in [2.75, 3.05) is 58.1 Å². The first kappa shape index (κ1) is 15.9. The lowest BCUT2D eigenvalue weighted by molar-refractivity contribution is 0.534. The fraction of sp³-hybridized carbons (Fsp3) is 0.571. The Morgan fingerprint density at radius 1 is 0.579 bits per heavy atom. The fourth-order valence-corrected chi connectivity index (χ4v) is 1.66. The van der Waals surface area contributed by atoms with Gasteiger partial charge in [-0.05, 0) is 12.1 Å². The highest BCUT2D eigenvalue weighted by Crippen LogP contribution is 1.95. The second kappa shape index (κ2) is 11.9. The summed E-state index contributed by atoms with van der Waals surface area (Å²) in [7, 11) is 0. The minimum absolute atomic E-state index is 0.822. The second-order valence-electron chi connectivity index (χ2n) is 4.41. The van der Waals surface area contributed by atoms with E-state index in [1.165, 1.54) is 0 Å². The van der Waals surface area contributed by atoms with Crippen LogP contribution in [0.1, 0.15) is 0 Å². The highest BCUT2D eigenvalue weighted by Gasteiger charge is 1.92. The molecule has 2 saturated heterocycles. The molecular weight excluding hydrogens is 238 g/mol. The van der Waals surface area contributed by atoms with Crippen LogP contribution in [-0.2, 0) is 0 Å². The Morgan fingerprint density at radius 3 is 1.05 bits per heavy atom. The molecule has 0 radical (unpaired) electrons. The van der Waals surface area contributed by atoms with Gasteiger partial charge in [-0.25, -0.2) is 0 Å². The van der Waals surface area contributed by atoms with Crippen LogP contribution in [0.4, 0.5) is 5.69 Å². The number of para-hydroxylation sites is 1. The molecule has 0 aromatic heterocycles. The van der Waals surface area contributed by atoms with Gasteiger partial charge in [-0.2, -0.15) is 0 Å². The van der Waals surface area contributed by atoms with Gasteiger partial charge in [0.25, 0.3) is 0 Å². The molecule has 108 valence electrons. The van der Waals surface area contributed by atoms with Crippen LogP contribution in [0.15, 0.2) is 30.3 Å². The highest BCUT2D eigenvalue weighted by atomic mass is 15.0. The molecule has 0 atom stereocenters. The summed E-state index contributed by atoms with van der Waals surface area (Å²) in [6, 6.07) is 9.49. The number of hydrogen-bond donors (Lipinski definition) is 5. The van der Waals surface area contributed by atoms with E-state index in [2.05, 4.69) is 21.3 Å². The van der Waals surface area contributed by atoms with Crippen LogP contribution in [0.3, 0.4) is 0 Å².